The number of carbonyl (C=O) groups excluding carboxylic acids is 1. The number of benzene rings is 1. The number of hydrogen-bond donors (Lipinski definition) is 1. The van der Waals surface area contributed by atoms with E-state index in [-0.39, 0.29) is 18.6 Å². The number of nitrogens with zero attached hydrogens (tertiary/aromatic N) is 1. The zero-order valence-electron chi connectivity index (χ0n) is 13.5. The average Bonchev–Trinajstić information content (AvgIpc) is 2.54. The molecule has 1 N–H and O–H groups in total. The monoisotopic (exact) mass is 302 g/mol. The van der Waals surface area contributed by atoms with Crippen molar-refractivity contribution in [3.05, 3.63) is 35.4 Å². The molecule has 1 fully saturated rings. The van der Waals surface area contributed by atoms with E-state index in [4.69, 9.17) is 4.84 Å². The molecule has 1 saturated carbocycles. The summed E-state index contributed by atoms with van der Waals surface area (Å²) < 4.78 is 0. The molecule has 0 aliphatic heterocycles. The number of hydrogen-bond acceptors (Lipinski definition) is 3. The minimum Gasteiger partial charge on any atom is -0.386 e. The molecular formula is C18H26N2O2. The summed E-state index contributed by atoms with van der Waals surface area (Å²) in [5, 5.41) is 6.91. The van der Waals surface area contributed by atoms with Gasteiger partial charge in [0.1, 0.15) is 0 Å². The Morgan fingerprint density at radius 1 is 1.32 bits per heavy atom. The van der Waals surface area contributed by atoms with Crippen molar-refractivity contribution >= 4 is 12.1 Å². The van der Waals surface area contributed by atoms with Gasteiger partial charge in [0.25, 0.3) is 5.91 Å². The fraction of sp³-hybridized carbons (Fsp3) is 0.556. The first kappa shape index (κ1) is 16.5. The lowest BCUT2D eigenvalue weighted by Crippen LogP contribution is -2.42. The fourth-order valence-corrected chi connectivity index (χ4v) is 2.81. The van der Waals surface area contributed by atoms with Gasteiger partial charge in [-0.1, -0.05) is 56.1 Å². The number of oxime groups is 1. The summed E-state index contributed by atoms with van der Waals surface area (Å²) in [6.07, 6.45) is 7.38. The van der Waals surface area contributed by atoms with Gasteiger partial charge < -0.3 is 10.2 Å². The first-order valence-electron chi connectivity index (χ1n) is 8.22. The molecule has 0 bridgehead atoms. The summed E-state index contributed by atoms with van der Waals surface area (Å²) in [7, 11) is 0. The van der Waals surface area contributed by atoms with E-state index >= 15 is 0 Å². The molecule has 120 valence electrons. The van der Waals surface area contributed by atoms with Crippen molar-refractivity contribution in [2.24, 2.45) is 11.1 Å². The molecule has 0 radical (unpaired) electrons. The van der Waals surface area contributed by atoms with Gasteiger partial charge in [-0.25, -0.2) is 0 Å². The summed E-state index contributed by atoms with van der Waals surface area (Å²) in [5.74, 6) is 0.468. The van der Waals surface area contributed by atoms with Gasteiger partial charge in [-0.15, -0.1) is 0 Å². The molecule has 2 rings (SSSR count). The highest BCUT2D eigenvalue weighted by Crippen LogP contribution is 2.23. The van der Waals surface area contributed by atoms with Gasteiger partial charge in [-0.05, 0) is 36.3 Å². The van der Waals surface area contributed by atoms with E-state index in [1.54, 1.807) is 6.21 Å². The number of nitrogens with one attached hydrogen (secondary N) is 1. The second-order valence-corrected chi connectivity index (χ2v) is 6.04. The fourth-order valence-electron chi connectivity index (χ4n) is 2.81. The largest absolute Gasteiger partial charge is 0.386 e. The SMILES string of the molecule is CCc1ccc(/C=N\OCC(=O)N[C@@H]2CCCC[C@H]2C)cc1. The van der Waals surface area contributed by atoms with E-state index in [1.165, 1.54) is 24.8 Å². The molecule has 4 nitrogen and oxygen atoms in total. The molecule has 22 heavy (non-hydrogen) atoms. The highest BCUT2D eigenvalue weighted by Gasteiger charge is 2.22. The van der Waals surface area contributed by atoms with Crippen molar-refractivity contribution in [3.8, 4) is 0 Å². The van der Waals surface area contributed by atoms with Crippen LogP contribution in [0.2, 0.25) is 0 Å². The molecule has 1 amide bonds. The van der Waals surface area contributed by atoms with E-state index in [9.17, 15) is 4.79 Å². The van der Waals surface area contributed by atoms with Crippen LogP contribution in [-0.2, 0) is 16.1 Å². The van der Waals surface area contributed by atoms with Crippen molar-refractivity contribution in [2.75, 3.05) is 6.61 Å². The summed E-state index contributed by atoms with van der Waals surface area (Å²) in [4.78, 5) is 16.9. The van der Waals surface area contributed by atoms with Crippen LogP contribution in [-0.4, -0.2) is 24.8 Å². The van der Waals surface area contributed by atoms with Crippen molar-refractivity contribution in [3.63, 3.8) is 0 Å². The van der Waals surface area contributed by atoms with Crippen molar-refractivity contribution < 1.29 is 9.63 Å². The molecule has 1 aromatic carbocycles. The van der Waals surface area contributed by atoms with E-state index in [2.05, 4.69) is 36.5 Å². The Balaban J connectivity index is 1.70. The molecule has 1 aliphatic carbocycles. The predicted octanol–water partition coefficient (Wildman–Crippen LogP) is 3.29. The van der Waals surface area contributed by atoms with Gasteiger partial charge in [0.05, 0.1) is 6.21 Å². The molecule has 4 heteroatoms. The maximum Gasteiger partial charge on any atom is 0.261 e. The van der Waals surface area contributed by atoms with Crippen LogP contribution < -0.4 is 5.32 Å². The molecule has 0 aromatic heterocycles. The third-order valence-electron chi connectivity index (χ3n) is 4.32. The Labute approximate surface area is 132 Å². The van der Waals surface area contributed by atoms with Gasteiger partial charge in [0, 0.05) is 6.04 Å². The van der Waals surface area contributed by atoms with Crippen LogP contribution in [0.15, 0.2) is 29.4 Å². The smallest absolute Gasteiger partial charge is 0.261 e. The lowest BCUT2D eigenvalue weighted by molar-refractivity contribution is -0.126. The van der Waals surface area contributed by atoms with Crippen LogP contribution >= 0.6 is 0 Å². The first-order chi connectivity index (χ1) is 10.7. The summed E-state index contributed by atoms with van der Waals surface area (Å²) in [6, 6.07) is 8.41. The normalized spacial score (nSPS) is 21.7. The Morgan fingerprint density at radius 3 is 2.73 bits per heavy atom. The Hall–Kier alpha value is -1.84. The lowest BCUT2D eigenvalue weighted by atomic mass is 9.86. The third kappa shape index (κ3) is 5.17. The van der Waals surface area contributed by atoms with Gasteiger partial charge in [-0.2, -0.15) is 0 Å². The Kier molecular flexibility index (Phi) is 6.44. The van der Waals surface area contributed by atoms with Crippen LogP contribution in [0.25, 0.3) is 0 Å². The quantitative estimate of drug-likeness (QED) is 0.647. The second kappa shape index (κ2) is 8.57. The zero-order valence-corrected chi connectivity index (χ0v) is 13.5. The van der Waals surface area contributed by atoms with Crippen molar-refractivity contribution in [2.45, 2.75) is 52.0 Å². The predicted molar refractivity (Wildman–Crippen MR) is 88.9 cm³/mol. The second-order valence-electron chi connectivity index (χ2n) is 6.04. The van der Waals surface area contributed by atoms with Crippen molar-refractivity contribution in [1.82, 2.24) is 5.32 Å². The summed E-state index contributed by atoms with van der Waals surface area (Å²) in [5.41, 5.74) is 2.26. The summed E-state index contributed by atoms with van der Waals surface area (Å²) >= 11 is 0. The molecule has 0 spiro atoms. The molecule has 2 atom stereocenters. The van der Waals surface area contributed by atoms with E-state index in [0.29, 0.717) is 5.92 Å². The van der Waals surface area contributed by atoms with Crippen LogP contribution in [0.1, 0.15) is 50.7 Å². The molecule has 0 saturated heterocycles. The van der Waals surface area contributed by atoms with Crippen LogP contribution in [0.5, 0.6) is 0 Å². The third-order valence-corrected chi connectivity index (χ3v) is 4.32. The molecule has 0 heterocycles. The molecular weight excluding hydrogens is 276 g/mol. The average molecular weight is 302 g/mol. The maximum atomic E-state index is 11.8. The maximum absolute atomic E-state index is 11.8. The minimum atomic E-state index is -0.0859. The Bertz CT molecular complexity index is 496. The summed E-state index contributed by atoms with van der Waals surface area (Å²) in [6.45, 7) is 4.30. The lowest BCUT2D eigenvalue weighted by Gasteiger charge is -2.29. The number of carbonyl (C=O) groups is 1. The number of amides is 1. The number of rotatable bonds is 6. The molecule has 1 aliphatic rings. The zero-order chi connectivity index (χ0) is 15.8. The van der Waals surface area contributed by atoms with Gasteiger partial charge in [0.2, 0.25) is 0 Å². The van der Waals surface area contributed by atoms with Crippen LogP contribution in [0.4, 0.5) is 0 Å². The minimum absolute atomic E-state index is 0.0211. The van der Waals surface area contributed by atoms with E-state index in [0.717, 1.165) is 18.4 Å². The van der Waals surface area contributed by atoms with Gasteiger partial charge >= 0.3 is 0 Å². The number of aryl methyl sites for hydroxylation is 1. The molecule has 1 aromatic rings. The van der Waals surface area contributed by atoms with Gasteiger partial charge in [-0.3, -0.25) is 4.79 Å². The van der Waals surface area contributed by atoms with Gasteiger partial charge in [0.15, 0.2) is 6.61 Å². The highest BCUT2D eigenvalue weighted by molar-refractivity contribution is 5.80. The van der Waals surface area contributed by atoms with E-state index in [1.807, 2.05) is 12.1 Å². The Morgan fingerprint density at radius 2 is 2.05 bits per heavy atom. The topological polar surface area (TPSA) is 50.7 Å². The standard InChI is InChI=1S/C18H26N2O2/c1-3-15-8-10-16(11-9-15)12-19-22-13-18(21)20-17-7-5-4-6-14(17)2/h8-12,14,17H,3-7,13H2,1-2H3,(H,20,21)/b19-12-/t14-,17-/m1/s1. The van der Waals surface area contributed by atoms with Crippen LogP contribution in [0, 0.1) is 5.92 Å². The van der Waals surface area contributed by atoms with Crippen LogP contribution in [0.3, 0.4) is 0 Å². The van der Waals surface area contributed by atoms with Crippen molar-refractivity contribution in [1.29, 1.82) is 0 Å². The van der Waals surface area contributed by atoms with E-state index < -0.39 is 0 Å². The highest BCUT2D eigenvalue weighted by atomic mass is 16.6. The molecule has 0 unspecified atom stereocenters. The first-order valence-corrected chi connectivity index (χ1v) is 8.22.